The van der Waals surface area contributed by atoms with E-state index < -0.39 is 5.60 Å². The molecule has 0 spiro atoms. The van der Waals surface area contributed by atoms with Gasteiger partial charge in [0.25, 0.3) is 0 Å². The molecule has 90 valence electrons. The molecule has 0 aliphatic rings. The van der Waals surface area contributed by atoms with Crippen LogP contribution in [-0.4, -0.2) is 24.9 Å². The van der Waals surface area contributed by atoms with Gasteiger partial charge in [-0.25, -0.2) is 0 Å². The van der Waals surface area contributed by atoms with E-state index in [1.54, 1.807) is 28.1 Å². The van der Waals surface area contributed by atoms with E-state index in [0.717, 1.165) is 10.0 Å². The number of ether oxygens (including phenoxy) is 2. The van der Waals surface area contributed by atoms with Crippen molar-refractivity contribution in [2.45, 2.75) is 25.9 Å². The van der Waals surface area contributed by atoms with Crippen LogP contribution in [-0.2, 0) is 6.42 Å². The zero-order valence-corrected chi connectivity index (χ0v) is 11.6. The summed E-state index contributed by atoms with van der Waals surface area (Å²) in [6.45, 7) is 3.55. The molecule has 0 saturated heterocycles. The summed E-state index contributed by atoms with van der Waals surface area (Å²) in [5, 5.41) is 9.76. The van der Waals surface area contributed by atoms with Crippen molar-refractivity contribution in [3.63, 3.8) is 0 Å². The fraction of sp³-hybridized carbons (Fsp3) is 0.500. The van der Waals surface area contributed by atoms with Gasteiger partial charge in [0.2, 0.25) is 0 Å². The first kappa shape index (κ1) is 13.3. The molecule has 0 radical (unpaired) electrons. The zero-order valence-electron chi connectivity index (χ0n) is 10.0. The average molecular weight is 289 g/mol. The highest BCUT2D eigenvalue weighted by Crippen LogP contribution is 2.36. The monoisotopic (exact) mass is 288 g/mol. The lowest BCUT2D eigenvalue weighted by atomic mass is 9.98. The van der Waals surface area contributed by atoms with Crippen LogP contribution in [0.2, 0.25) is 0 Å². The van der Waals surface area contributed by atoms with E-state index in [1.807, 2.05) is 12.1 Å². The molecule has 4 heteroatoms. The van der Waals surface area contributed by atoms with Crippen LogP contribution in [0.15, 0.2) is 16.6 Å². The highest BCUT2D eigenvalue weighted by molar-refractivity contribution is 9.10. The Bertz CT molecular complexity index is 369. The van der Waals surface area contributed by atoms with Gasteiger partial charge in [-0.3, -0.25) is 0 Å². The normalized spacial score (nSPS) is 11.4. The van der Waals surface area contributed by atoms with E-state index in [-0.39, 0.29) is 0 Å². The molecule has 0 aliphatic heterocycles. The maximum Gasteiger partial charge on any atom is 0.174 e. The van der Waals surface area contributed by atoms with Crippen molar-refractivity contribution in [1.82, 2.24) is 0 Å². The maximum absolute atomic E-state index is 9.76. The van der Waals surface area contributed by atoms with Crippen molar-refractivity contribution in [1.29, 1.82) is 0 Å². The van der Waals surface area contributed by atoms with Crippen LogP contribution in [0.4, 0.5) is 0 Å². The molecule has 0 aromatic heterocycles. The van der Waals surface area contributed by atoms with Crippen molar-refractivity contribution in [2.24, 2.45) is 0 Å². The molecule has 0 atom stereocenters. The van der Waals surface area contributed by atoms with Crippen molar-refractivity contribution in [3.05, 3.63) is 22.2 Å². The van der Waals surface area contributed by atoms with Gasteiger partial charge in [-0.05, 0) is 47.5 Å². The first-order valence-electron chi connectivity index (χ1n) is 5.00. The van der Waals surface area contributed by atoms with Crippen LogP contribution < -0.4 is 9.47 Å². The third kappa shape index (κ3) is 3.39. The Hall–Kier alpha value is -0.740. The molecule has 0 unspecified atom stereocenters. The van der Waals surface area contributed by atoms with Crippen molar-refractivity contribution in [3.8, 4) is 11.5 Å². The third-order valence-corrected chi connectivity index (χ3v) is 2.72. The third-order valence-electron chi connectivity index (χ3n) is 2.13. The maximum atomic E-state index is 9.76. The number of benzene rings is 1. The summed E-state index contributed by atoms with van der Waals surface area (Å²) in [6, 6.07) is 3.81. The Morgan fingerprint density at radius 3 is 2.31 bits per heavy atom. The van der Waals surface area contributed by atoms with Crippen LogP contribution in [0.5, 0.6) is 11.5 Å². The van der Waals surface area contributed by atoms with Crippen LogP contribution in [0.3, 0.4) is 0 Å². The van der Waals surface area contributed by atoms with Gasteiger partial charge in [0.15, 0.2) is 11.5 Å². The van der Waals surface area contributed by atoms with Crippen LogP contribution in [0, 0.1) is 0 Å². The second-order valence-electron chi connectivity index (χ2n) is 4.30. The molecular weight excluding hydrogens is 272 g/mol. The number of halogens is 1. The topological polar surface area (TPSA) is 38.7 Å². The summed E-state index contributed by atoms with van der Waals surface area (Å²) < 4.78 is 11.3. The summed E-state index contributed by atoms with van der Waals surface area (Å²) >= 11 is 3.42. The summed E-state index contributed by atoms with van der Waals surface area (Å²) in [5.41, 5.74) is 0.260. The van der Waals surface area contributed by atoms with Gasteiger partial charge in [0.1, 0.15) is 0 Å². The molecule has 16 heavy (non-hydrogen) atoms. The standard InChI is InChI=1S/C12H17BrO3/c1-12(2,14)7-8-5-9(13)11(16-4)10(6-8)15-3/h5-6,14H,7H2,1-4H3. The van der Waals surface area contributed by atoms with Crippen molar-refractivity contribution in [2.75, 3.05) is 14.2 Å². The Morgan fingerprint density at radius 1 is 1.25 bits per heavy atom. The largest absolute Gasteiger partial charge is 0.493 e. The van der Waals surface area contributed by atoms with E-state index in [1.165, 1.54) is 0 Å². The lowest BCUT2D eigenvalue weighted by Gasteiger charge is -2.18. The zero-order chi connectivity index (χ0) is 12.3. The molecule has 0 fully saturated rings. The minimum absolute atomic E-state index is 0.561. The molecular formula is C12H17BrO3. The van der Waals surface area contributed by atoms with Gasteiger partial charge in [-0.1, -0.05) is 0 Å². The van der Waals surface area contributed by atoms with E-state index in [2.05, 4.69) is 15.9 Å². The molecule has 0 saturated carbocycles. The molecule has 0 aliphatic carbocycles. The smallest absolute Gasteiger partial charge is 0.174 e. The molecule has 1 aromatic rings. The number of aliphatic hydroxyl groups is 1. The Balaban J connectivity index is 3.10. The lowest BCUT2D eigenvalue weighted by molar-refractivity contribution is 0.0809. The second-order valence-corrected chi connectivity index (χ2v) is 5.16. The quantitative estimate of drug-likeness (QED) is 0.926. The van der Waals surface area contributed by atoms with Gasteiger partial charge >= 0.3 is 0 Å². The predicted octanol–water partition coefficient (Wildman–Crippen LogP) is 2.78. The first-order valence-corrected chi connectivity index (χ1v) is 5.79. The Morgan fingerprint density at radius 2 is 1.88 bits per heavy atom. The average Bonchev–Trinajstić information content (AvgIpc) is 2.14. The summed E-state index contributed by atoms with van der Waals surface area (Å²) in [4.78, 5) is 0. The molecule has 3 nitrogen and oxygen atoms in total. The highest BCUT2D eigenvalue weighted by atomic mass is 79.9. The van der Waals surface area contributed by atoms with E-state index in [9.17, 15) is 5.11 Å². The molecule has 0 heterocycles. The van der Waals surface area contributed by atoms with Crippen molar-refractivity contribution < 1.29 is 14.6 Å². The van der Waals surface area contributed by atoms with E-state index >= 15 is 0 Å². The van der Waals surface area contributed by atoms with Gasteiger partial charge in [-0.2, -0.15) is 0 Å². The van der Waals surface area contributed by atoms with Gasteiger partial charge in [0, 0.05) is 6.42 Å². The molecule has 1 aromatic carbocycles. The Labute approximate surface area is 105 Å². The number of rotatable bonds is 4. The Kier molecular flexibility index (Phi) is 4.21. The summed E-state index contributed by atoms with van der Waals surface area (Å²) in [7, 11) is 3.19. The fourth-order valence-electron chi connectivity index (χ4n) is 1.57. The molecule has 1 rings (SSSR count). The van der Waals surface area contributed by atoms with Crippen LogP contribution in [0.25, 0.3) is 0 Å². The van der Waals surface area contributed by atoms with Gasteiger partial charge in [-0.15, -0.1) is 0 Å². The number of hydrogen-bond acceptors (Lipinski definition) is 3. The second kappa shape index (κ2) is 5.06. The minimum Gasteiger partial charge on any atom is -0.493 e. The number of methoxy groups -OCH3 is 2. The summed E-state index contributed by atoms with van der Waals surface area (Å²) in [6.07, 6.45) is 0.561. The first-order chi connectivity index (χ1) is 7.37. The SMILES string of the molecule is COc1cc(CC(C)(C)O)cc(Br)c1OC. The summed E-state index contributed by atoms with van der Waals surface area (Å²) in [5.74, 6) is 1.33. The fourth-order valence-corrected chi connectivity index (χ4v) is 2.22. The van der Waals surface area contributed by atoms with Crippen LogP contribution in [0.1, 0.15) is 19.4 Å². The van der Waals surface area contributed by atoms with Crippen molar-refractivity contribution >= 4 is 15.9 Å². The van der Waals surface area contributed by atoms with E-state index in [0.29, 0.717) is 17.9 Å². The van der Waals surface area contributed by atoms with Crippen LogP contribution >= 0.6 is 15.9 Å². The molecule has 1 N–H and O–H groups in total. The van der Waals surface area contributed by atoms with E-state index in [4.69, 9.17) is 9.47 Å². The van der Waals surface area contributed by atoms with Gasteiger partial charge in [0.05, 0.1) is 24.3 Å². The molecule has 0 bridgehead atoms. The molecule has 0 amide bonds. The minimum atomic E-state index is -0.737. The van der Waals surface area contributed by atoms with Gasteiger partial charge < -0.3 is 14.6 Å². The highest BCUT2D eigenvalue weighted by Gasteiger charge is 2.17. The lowest BCUT2D eigenvalue weighted by Crippen LogP contribution is -2.21. The predicted molar refractivity (Wildman–Crippen MR) is 67.2 cm³/mol. The number of hydrogen-bond donors (Lipinski definition) is 1.